The monoisotopic (exact) mass is 431 g/mol. The van der Waals surface area contributed by atoms with Gasteiger partial charge in [0.15, 0.2) is 0 Å². The number of para-hydroxylation sites is 2. The Morgan fingerprint density at radius 2 is 1.93 bits per heavy atom. The lowest BCUT2D eigenvalue weighted by Gasteiger charge is -2.39. The van der Waals surface area contributed by atoms with Gasteiger partial charge in [-0.15, -0.1) is 0 Å². The van der Waals surface area contributed by atoms with Gasteiger partial charge in [-0.2, -0.15) is 5.10 Å². The molecule has 1 aromatic heterocycles. The van der Waals surface area contributed by atoms with Crippen molar-refractivity contribution >= 4 is 23.3 Å². The van der Waals surface area contributed by atoms with E-state index in [-0.39, 0.29) is 6.03 Å². The second-order valence-corrected chi connectivity index (χ2v) is 8.91. The highest BCUT2D eigenvalue weighted by Gasteiger charge is 2.41. The fraction of sp³-hybridized carbons (Fsp3) is 0.545. The van der Waals surface area contributed by atoms with Gasteiger partial charge in [0.1, 0.15) is 10.9 Å². The average molecular weight is 432 g/mol. The van der Waals surface area contributed by atoms with Crippen molar-refractivity contribution in [2.45, 2.75) is 32.7 Å². The number of nitrogens with one attached hydrogen (secondary N) is 1. The number of aromatic nitrogens is 2. The maximum atomic E-state index is 12.7. The van der Waals surface area contributed by atoms with Crippen LogP contribution in [0.1, 0.15) is 30.5 Å². The number of amides is 2. The van der Waals surface area contributed by atoms with Crippen LogP contribution in [-0.4, -0.2) is 58.9 Å². The van der Waals surface area contributed by atoms with Crippen LogP contribution >= 0.6 is 11.6 Å². The van der Waals surface area contributed by atoms with E-state index < -0.39 is 0 Å². The Kier molecular flexibility index (Phi) is 5.93. The number of carbonyl (C=O) groups is 1. The largest absolute Gasteiger partial charge is 0.495 e. The zero-order chi connectivity index (χ0) is 21.3. The molecule has 2 aliphatic heterocycles. The molecule has 0 saturated carbocycles. The second kappa shape index (κ2) is 8.47. The third-order valence-electron chi connectivity index (χ3n) is 6.63. The molecule has 162 valence electrons. The Labute approximate surface area is 182 Å². The Balaban J connectivity index is 1.32. The van der Waals surface area contributed by atoms with Gasteiger partial charge < -0.3 is 15.0 Å². The molecule has 1 N–H and O–H groups in total. The molecule has 0 bridgehead atoms. The number of likely N-dealkylation sites (tertiary alicyclic amines) is 2. The van der Waals surface area contributed by atoms with E-state index >= 15 is 0 Å². The number of hydrogen-bond acceptors (Lipinski definition) is 4. The molecular formula is C22H30ClN5O2. The number of rotatable bonds is 4. The predicted molar refractivity (Wildman–Crippen MR) is 118 cm³/mol. The highest BCUT2D eigenvalue weighted by molar-refractivity contribution is 6.30. The zero-order valence-electron chi connectivity index (χ0n) is 17.9. The molecule has 0 atom stereocenters. The molecule has 1 aromatic carbocycles. The fourth-order valence-corrected chi connectivity index (χ4v) is 5.01. The van der Waals surface area contributed by atoms with Crippen LogP contribution in [0.3, 0.4) is 0 Å². The number of hydrogen-bond donors (Lipinski definition) is 1. The normalized spacial score (nSPS) is 18.7. The van der Waals surface area contributed by atoms with Gasteiger partial charge >= 0.3 is 6.03 Å². The topological polar surface area (TPSA) is 62.6 Å². The third kappa shape index (κ3) is 4.14. The molecule has 2 aliphatic rings. The summed E-state index contributed by atoms with van der Waals surface area (Å²) < 4.78 is 7.08. The Morgan fingerprint density at radius 3 is 2.60 bits per heavy atom. The fourth-order valence-electron chi connectivity index (χ4n) is 4.77. The molecule has 2 amide bonds. The molecule has 4 rings (SSSR count). The first-order valence-electron chi connectivity index (χ1n) is 10.5. The van der Waals surface area contributed by atoms with E-state index in [1.807, 2.05) is 43.1 Å². The first-order valence-corrected chi connectivity index (χ1v) is 10.9. The van der Waals surface area contributed by atoms with Crippen molar-refractivity contribution < 1.29 is 9.53 Å². The first-order chi connectivity index (χ1) is 14.4. The minimum atomic E-state index is -0.0537. The Morgan fingerprint density at radius 1 is 1.23 bits per heavy atom. The summed E-state index contributed by atoms with van der Waals surface area (Å²) in [4.78, 5) is 17.2. The van der Waals surface area contributed by atoms with Crippen LogP contribution in [0.25, 0.3) is 0 Å². The van der Waals surface area contributed by atoms with E-state index in [0.29, 0.717) is 16.9 Å². The molecule has 2 saturated heterocycles. The number of ether oxygens (including phenoxy) is 1. The maximum absolute atomic E-state index is 12.7. The first kappa shape index (κ1) is 21.0. The summed E-state index contributed by atoms with van der Waals surface area (Å²) in [7, 11) is 3.50. The Hall–Kier alpha value is -2.25. The number of piperidine rings is 1. The molecule has 2 fully saturated rings. The molecule has 7 nitrogen and oxygen atoms in total. The molecule has 0 unspecified atom stereocenters. The minimum Gasteiger partial charge on any atom is -0.495 e. The van der Waals surface area contributed by atoms with Crippen molar-refractivity contribution in [1.29, 1.82) is 0 Å². The van der Waals surface area contributed by atoms with Gasteiger partial charge in [0.05, 0.1) is 18.5 Å². The number of benzene rings is 1. The van der Waals surface area contributed by atoms with E-state index in [1.54, 1.807) is 11.8 Å². The van der Waals surface area contributed by atoms with Gasteiger partial charge in [0.2, 0.25) is 0 Å². The van der Waals surface area contributed by atoms with Crippen molar-refractivity contribution in [3.8, 4) is 5.75 Å². The van der Waals surface area contributed by atoms with Crippen LogP contribution in [0, 0.1) is 12.3 Å². The van der Waals surface area contributed by atoms with Crippen LogP contribution in [0.2, 0.25) is 5.15 Å². The van der Waals surface area contributed by atoms with Gasteiger partial charge in [-0.3, -0.25) is 9.58 Å². The number of aryl methyl sites for hydroxylation is 2. The highest BCUT2D eigenvalue weighted by Crippen LogP contribution is 2.41. The number of anilines is 1. The number of methoxy groups -OCH3 is 1. The lowest BCUT2D eigenvalue weighted by Crippen LogP contribution is -2.45. The number of nitrogens with zero attached hydrogens (tertiary/aromatic N) is 4. The molecule has 2 aromatic rings. The summed E-state index contributed by atoms with van der Waals surface area (Å²) in [6.07, 6.45) is 3.23. The molecular weight excluding hydrogens is 402 g/mol. The van der Waals surface area contributed by atoms with Gasteiger partial charge in [-0.25, -0.2) is 4.79 Å². The smallest absolute Gasteiger partial charge is 0.321 e. The van der Waals surface area contributed by atoms with Crippen LogP contribution in [0.4, 0.5) is 10.5 Å². The van der Waals surface area contributed by atoms with Gasteiger partial charge in [-0.05, 0) is 50.3 Å². The average Bonchev–Trinajstić information content (AvgIpc) is 3.24. The quantitative estimate of drug-likeness (QED) is 0.797. The van der Waals surface area contributed by atoms with E-state index in [9.17, 15) is 4.79 Å². The third-order valence-corrected chi connectivity index (χ3v) is 7.10. The summed E-state index contributed by atoms with van der Waals surface area (Å²) in [6.45, 7) is 6.55. The SMILES string of the molecule is COc1ccccc1NC(=O)N1CCC2(CCN(Cc3c(C)nn(C)c3Cl)C2)CC1. The van der Waals surface area contributed by atoms with Crippen molar-refractivity contribution in [3.63, 3.8) is 0 Å². The van der Waals surface area contributed by atoms with Crippen LogP contribution in [-0.2, 0) is 13.6 Å². The van der Waals surface area contributed by atoms with Crippen LogP contribution in [0.5, 0.6) is 5.75 Å². The molecule has 0 radical (unpaired) electrons. The van der Waals surface area contributed by atoms with Gasteiger partial charge in [-0.1, -0.05) is 23.7 Å². The predicted octanol–water partition coefficient (Wildman–Crippen LogP) is 3.91. The molecule has 3 heterocycles. The highest BCUT2D eigenvalue weighted by atomic mass is 35.5. The van der Waals surface area contributed by atoms with Crippen molar-refractivity contribution in [1.82, 2.24) is 19.6 Å². The second-order valence-electron chi connectivity index (χ2n) is 8.56. The molecule has 30 heavy (non-hydrogen) atoms. The van der Waals surface area contributed by atoms with Gasteiger partial charge in [0, 0.05) is 38.8 Å². The molecule has 1 spiro atoms. The van der Waals surface area contributed by atoms with Crippen molar-refractivity contribution in [3.05, 3.63) is 40.7 Å². The lowest BCUT2D eigenvalue weighted by atomic mass is 9.78. The summed E-state index contributed by atoms with van der Waals surface area (Å²) >= 11 is 6.43. The Bertz CT molecular complexity index is 920. The number of urea groups is 1. The number of halogens is 1. The van der Waals surface area contributed by atoms with Crippen molar-refractivity contribution in [2.75, 3.05) is 38.6 Å². The summed E-state index contributed by atoms with van der Waals surface area (Å²) in [6, 6.07) is 7.45. The van der Waals surface area contributed by atoms with E-state index in [1.165, 1.54) is 6.42 Å². The maximum Gasteiger partial charge on any atom is 0.321 e. The van der Waals surface area contributed by atoms with Gasteiger partial charge in [0.25, 0.3) is 0 Å². The van der Waals surface area contributed by atoms with E-state index in [0.717, 1.165) is 62.0 Å². The van der Waals surface area contributed by atoms with E-state index in [2.05, 4.69) is 15.3 Å². The van der Waals surface area contributed by atoms with E-state index in [4.69, 9.17) is 16.3 Å². The minimum absolute atomic E-state index is 0.0537. The molecule has 0 aliphatic carbocycles. The van der Waals surface area contributed by atoms with Crippen LogP contribution < -0.4 is 10.1 Å². The lowest BCUT2D eigenvalue weighted by molar-refractivity contribution is 0.124. The standard InChI is InChI=1S/C22H30ClN5O2/c1-16-17(20(23)26(2)25-16)14-27-11-8-22(15-27)9-12-28(13-10-22)21(29)24-18-6-4-5-7-19(18)30-3/h4-7H,8-15H2,1-3H3,(H,24,29). The van der Waals surface area contributed by atoms with Crippen molar-refractivity contribution in [2.24, 2.45) is 12.5 Å². The summed E-state index contributed by atoms with van der Waals surface area (Å²) in [5, 5.41) is 8.16. The summed E-state index contributed by atoms with van der Waals surface area (Å²) in [5.41, 5.74) is 3.14. The zero-order valence-corrected chi connectivity index (χ0v) is 18.7. The molecule has 8 heteroatoms. The van der Waals surface area contributed by atoms with Crippen LogP contribution in [0.15, 0.2) is 24.3 Å². The summed E-state index contributed by atoms with van der Waals surface area (Å²) in [5.74, 6) is 0.676. The number of carbonyl (C=O) groups excluding carboxylic acids is 1.